The molecule has 1 unspecified atom stereocenters. The summed E-state index contributed by atoms with van der Waals surface area (Å²) in [6, 6.07) is 12.7. The number of allylic oxidation sites excluding steroid dienone is 2. The van der Waals surface area contributed by atoms with Gasteiger partial charge in [0.25, 0.3) is 0 Å². The number of ketones is 1. The number of benzene rings is 2. The maximum atomic E-state index is 12.8. The van der Waals surface area contributed by atoms with Crippen LogP contribution in [0, 0.1) is 11.3 Å². The van der Waals surface area contributed by atoms with Gasteiger partial charge in [-0.25, -0.2) is 0 Å². The van der Waals surface area contributed by atoms with Crippen LogP contribution in [0.15, 0.2) is 36.4 Å². The van der Waals surface area contributed by atoms with E-state index in [1.807, 2.05) is 0 Å². The zero-order chi connectivity index (χ0) is 13.4. The predicted molar refractivity (Wildman–Crippen MR) is 78.7 cm³/mol. The van der Waals surface area contributed by atoms with Gasteiger partial charge in [0.05, 0.1) is 0 Å². The van der Waals surface area contributed by atoms with Gasteiger partial charge in [0, 0.05) is 11.0 Å². The van der Waals surface area contributed by atoms with E-state index in [4.69, 9.17) is 0 Å². The highest BCUT2D eigenvalue weighted by Crippen LogP contribution is 2.56. The lowest BCUT2D eigenvalue weighted by molar-refractivity contribution is -0.121. The fraction of sp³-hybridized carbons (Fsp3) is 0.278. The molecule has 19 heavy (non-hydrogen) atoms. The summed E-state index contributed by atoms with van der Waals surface area (Å²) in [5, 5.41) is 2.51. The molecule has 2 aromatic rings. The first-order valence-corrected chi connectivity index (χ1v) is 6.85. The molecule has 0 amide bonds. The highest BCUT2D eigenvalue weighted by molar-refractivity contribution is 6.39. The second-order valence-electron chi connectivity index (χ2n) is 6.27. The minimum absolute atomic E-state index is 0.277. The first-order chi connectivity index (χ1) is 9.03. The molecule has 1 nitrogen and oxygen atoms in total. The highest BCUT2D eigenvalue weighted by Gasteiger charge is 2.49. The Labute approximate surface area is 112 Å². The average Bonchev–Trinajstić information content (AvgIpc) is 2.81. The van der Waals surface area contributed by atoms with Crippen LogP contribution in [0.4, 0.5) is 0 Å². The third-order valence-electron chi connectivity index (χ3n) is 5.06. The third-order valence-corrected chi connectivity index (χ3v) is 5.06. The average molecular weight is 248 g/mol. The Balaban J connectivity index is 2.14. The molecule has 2 aliphatic carbocycles. The smallest absolute Gasteiger partial charge is 0.169 e. The summed E-state index contributed by atoms with van der Waals surface area (Å²) in [4.78, 5) is 12.8. The Morgan fingerprint density at radius 3 is 2.32 bits per heavy atom. The molecule has 0 heterocycles. The van der Waals surface area contributed by atoms with E-state index in [0.29, 0.717) is 5.78 Å². The Hall–Kier alpha value is -1.89. The number of hydrogen-bond acceptors (Lipinski definition) is 1. The molecule has 0 fully saturated rings. The minimum atomic E-state index is -0.277. The molecule has 4 rings (SSSR count). The fourth-order valence-electron chi connectivity index (χ4n) is 3.63. The van der Waals surface area contributed by atoms with E-state index in [1.165, 1.54) is 21.9 Å². The van der Waals surface area contributed by atoms with Gasteiger partial charge < -0.3 is 0 Å². The molecule has 0 spiro atoms. The molecule has 1 atom stereocenters. The Morgan fingerprint density at radius 2 is 1.63 bits per heavy atom. The van der Waals surface area contributed by atoms with E-state index in [0.717, 1.165) is 11.1 Å². The third kappa shape index (κ3) is 1.10. The Morgan fingerprint density at radius 1 is 1.00 bits per heavy atom. The second kappa shape index (κ2) is 3.16. The monoisotopic (exact) mass is 248 g/mol. The van der Waals surface area contributed by atoms with E-state index < -0.39 is 0 Å². The Bertz CT molecular complexity index is 772. The van der Waals surface area contributed by atoms with Crippen molar-refractivity contribution < 1.29 is 4.79 Å². The Kier molecular flexibility index (Phi) is 1.83. The number of hydrogen-bond donors (Lipinski definition) is 0. The molecule has 0 radical (unpaired) electrons. The van der Waals surface area contributed by atoms with Gasteiger partial charge in [0.1, 0.15) is 0 Å². The van der Waals surface area contributed by atoms with E-state index in [9.17, 15) is 4.79 Å². The number of rotatable bonds is 0. The van der Waals surface area contributed by atoms with Crippen LogP contribution in [0.1, 0.15) is 31.9 Å². The molecule has 2 aliphatic rings. The maximum Gasteiger partial charge on any atom is 0.169 e. The van der Waals surface area contributed by atoms with Crippen molar-refractivity contribution in [3.05, 3.63) is 47.5 Å². The maximum absolute atomic E-state index is 12.8. The van der Waals surface area contributed by atoms with Crippen LogP contribution >= 0.6 is 0 Å². The van der Waals surface area contributed by atoms with E-state index in [-0.39, 0.29) is 11.3 Å². The van der Waals surface area contributed by atoms with Gasteiger partial charge in [-0.05, 0) is 33.4 Å². The number of Topliss-reactive ketones (excluding diaryl/α,β-unsaturated/α-hetero) is 1. The fourth-order valence-corrected chi connectivity index (χ4v) is 3.63. The lowest BCUT2D eigenvalue weighted by atomic mass is 9.76. The van der Waals surface area contributed by atoms with Gasteiger partial charge in [-0.1, -0.05) is 57.2 Å². The van der Waals surface area contributed by atoms with Gasteiger partial charge in [-0.15, -0.1) is 0 Å². The molecule has 0 aliphatic heterocycles. The topological polar surface area (TPSA) is 17.1 Å². The largest absolute Gasteiger partial charge is 0.294 e. The van der Waals surface area contributed by atoms with E-state index in [2.05, 4.69) is 57.2 Å². The lowest BCUT2D eigenvalue weighted by Crippen LogP contribution is -2.26. The molecule has 0 saturated carbocycles. The molecule has 0 bridgehead atoms. The van der Waals surface area contributed by atoms with Gasteiger partial charge in [0.2, 0.25) is 0 Å². The minimum Gasteiger partial charge on any atom is -0.294 e. The molecule has 1 heteroatoms. The molecule has 94 valence electrons. The summed E-state index contributed by atoms with van der Waals surface area (Å²) in [7, 11) is 0. The normalized spacial score (nSPS) is 23.3. The zero-order valence-electron chi connectivity index (χ0n) is 11.4. The van der Waals surface area contributed by atoms with Crippen LogP contribution in [0.3, 0.4) is 0 Å². The van der Waals surface area contributed by atoms with Gasteiger partial charge >= 0.3 is 0 Å². The number of fused-ring (bicyclic) bond motifs is 2. The van der Waals surface area contributed by atoms with Crippen molar-refractivity contribution in [2.45, 2.75) is 20.8 Å². The van der Waals surface area contributed by atoms with Crippen molar-refractivity contribution in [2.24, 2.45) is 11.3 Å². The SMILES string of the molecule is CC1C2=C(C(=O)C1(C)C)c1cccc3cccc2c13. The standard InChI is InChI=1S/C18H16O/c1-10-14-12-8-4-6-11-7-5-9-13(15(11)12)16(14)17(19)18(10,2)3/h4-10H,1-3H3. The van der Waals surface area contributed by atoms with Gasteiger partial charge in [-0.3, -0.25) is 4.79 Å². The molecule has 0 N–H and O–H groups in total. The summed E-state index contributed by atoms with van der Waals surface area (Å²) in [5.41, 5.74) is 4.38. The zero-order valence-corrected chi connectivity index (χ0v) is 11.4. The van der Waals surface area contributed by atoms with Crippen LogP contribution < -0.4 is 0 Å². The number of carbonyl (C=O) groups excluding carboxylic acids is 1. The molecular formula is C18H16O. The highest BCUT2D eigenvalue weighted by atomic mass is 16.1. The van der Waals surface area contributed by atoms with Crippen LogP contribution in [-0.2, 0) is 4.79 Å². The van der Waals surface area contributed by atoms with Crippen LogP contribution in [-0.4, -0.2) is 5.78 Å². The first kappa shape index (κ1) is 11.0. The summed E-state index contributed by atoms with van der Waals surface area (Å²) >= 11 is 0. The summed E-state index contributed by atoms with van der Waals surface area (Å²) in [6.07, 6.45) is 0. The van der Waals surface area contributed by atoms with E-state index >= 15 is 0 Å². The summed E-state index contributed by atoms with van der Waals surface area (Å²) in [6.45, 7) is 6.33. The molecule has 0 saturated heterocycles. The first-order valence-electron chi connectivity index (χ1n) is 6.85. The summed E-state index contributed by atoms with van der Waals surface area (Å²) < 4.78 is 0. The molecule has 0 aromatic heterocycles. The van der Waals surface area contributed by atoms with Crippen molar-refractivity contribution in [1.82, 2.24) is 0 Å². The van der Waals surface area contributed by atoms with Gasteiger partial charge in [-0.2, -0.15) is 0 Å². The van der Waals surface area contributed by atoms with Crippen molar-refractivity contribution >= 4 is 27.7 Å². The van der Waals surface area contributed by atoms with Crippen LogP contribution in [0.25, 0.3) is 21.9 Å². The van der Waals surface area contributed by atoms with Crippen molar-refractivity contribution in [2.75, 3.05) is 0 Å². The quantitative estimate of drug-likeness (QED) is 0.679. The second-order valence-corrected chi connectivity index (χ2v) is 6.27. The van der Waals surface area contributed by atoms with E-state index in [1.54, 1.807) is 0 Å². The summed E-state index contributed by atoms with van der Waals surface area (Å²) in [5.74, 6) is 0.590. The van der Waals surface area contributed by atoms with Crippen molar-refractivity contribution in [3.63, 3.8) is 0 Å². The van der Waals surface area contributed by atoms with Crippen LogP contribution in [0.2, 0.25) is 0 Å². The lowest BCUT2D eigenvalue weighted by Gasteiger charge is -2.25. The van der Waals surface area contributed by atoms with Gasteiger partial charge in [0.15, 0.2) is 5.78 Å². The number of carbonyl (C=O) groups is 1. The van der Waals surface area contributed by atoms with Crippen molar-refractivity contribution in [1.29, 1.82) is 0 Å². The van der Waals surface area contributed by atoms with Crippen LogP contribution in [0.5, 0.6) is 0 Å². The predicted octanol–water partition coefficient (Wildman–Crippen LogP) is 4.31. The molecular weight excluding hydrogens is 232 g/mol. The van der Waals surface area contributed by atoms with Crippen molar-refractivity contribution in [3.8, 4) is 0 Å². The molecule has 2 aromatic carbocycles.